The highest BCUT2D eigenvalue weighted by Crippen LogP contribution is 2.12. The Morgan fingerprint density at radius 2 is 1.80 bits per heavy atom. The lowest BCUT2D eigenvalue weighted by molar-refractivity contribution is -0.130. The predicted molar refractivity (Wildman–Crippen MR) is 66.7 cm³/mol. The number of imidazole rings is 1. The quantitative estimate of drug-likeness (QED) is 0.607. The van der Waals surface area contributed by atoms with E-state index in [0.717, 1.165) is 0 Å². The molecule has 0 unspecified atom stereocenters. The van der Waals surface area contributed by atoms with Crippen molar-refractivity contribution < 1.29 is 9.59 Å². The summed E-state index contributed by atoms with van der Waals surface area (Å²) in [4.78, 5) is 40.2. The van der Waals surface area contributed by atoms with Crippen LogP contribution in [0.25, 0.3) is 5.95 Å². The molecule has 2 aromatic heterocycles. The number of rotatable bonds is 2. The first-order chi connectivity index (χ1) is 9.61. The minimum Gasteiger partial charge on any atom is -0.368 e. The molecule has 1 aliphatic heterocycles. The van der Waals surface area contributed by atoms with Crippen molar-refractivity contribution in [3.8, 4) is 5.95 Å². The van der Waals surface area contributed by atoms with E-state index in [1.54, 1.807) is 17.0 Å². The zero-order valence-electron chi connectivity index (χ0n) is 10.2. The highest BCUT2D eigenvalue weighted by Gasteiger charge is 2.25. The van der Waals surface area contributed by atoms with Crippen LogP contribution >= 0.6 is 0 Å². The standard InChI is InChI=1S/C10H10N8O2/c11-8-14-9(17-2-1-12-5-17)16-10(15-8)18-3-6(19)13-7(20)4-18/h1-2,5H,3-4H2,(H,13,19,20)(H2,11,14,15,16). The number of anilines is 2. The first-order valence-corrected chi connectivity index (χ1v) is 5.69. The van der Waals surface area contributed by atoms with Gasteiger partial charge >= 0.3 is 0 Å². The molecule has 3 heterocycles. The van der Waals surface area contributed by atoms with Crippen molar-refractivity contribution in [2.24, 2.45) is 0 Å². The molecule has 10 nitrogen and oxygen atoms in total. The smallest absolute Gasteiger partial charge is 0.246 e. The number of carbonyl (C=O) groups excluding carboxylic acids is 2. The molecule has 0 aliphatic carbocycles. The SMILES string of the molecule is Nc1nc(N2CC(=O)NC(=O)C2)nc(-n2ccnc2)n1. The number of nitrogens with one attached hydrogen (secondary N) is 1. The summed E-state index contributed by atoms with van der Waals surface area (Å²) in [5.41, 5.74) is 5.63. The van der Waals surface area contributed by atoms with Crippen molar-refractivity contribution in [1.82, 2.24) is 29.8 Å². The number of hydrogen-bond donors (Lipinski definition) is 2. The Morgan fingerprint density at radius 3 is 2.45 bits per heavy atom. The molecule has 0 saturated carbocycles. The first-order valence-electron chi connectivity index (χ1n) is 5.69. The van der Waals surface area contributed by atoms with E-state index in [1.165, 1.54) is 11.2 Å². The van der Waals surface area contributed by atoms with Crippen LogP contribution in [0.4, 0.5) is 11.9 Å². The summed E-state index contributed by atoms with van der Waals surface area (Å²) in [6.07, 6.45) is 4.72. The lowest BCUT2D eigenvalue weighted by atomic mass is 10.3. The van der Waals surface area contributed by atoms with Gasteiger partial charge in [0.1, 0.15) is 19.4 Å². The third-order valence-electron chi connectivity index (χ3n) is 2.60. The van der Waals surface area contributed by atoms with Crippen LogP contribution in [0.2, 0.25) is 0 Å². The number of amides is 2. The molecule has 0 radical (unpaired) electrons. The average Bonchev–Trinajstić information content (AvgIpc) is 2.90. The summed E-state index contributed by atoms with van der Waals surface area (Å²) < 4.78 is 1.55. The van der Waals surface area contributed by atoms with E-state index in [1.807, 2.05) is 0 Å². The second-order valence-electron chi connectivity index (χ2n) is 4.09. The molecule has 1 fully saturated rings. The molecule has 2 amide bonds. The molecule has 0 aromatic carbocycles. The van der Waals surface area contributed by atoms with Crippen molar-refractivity contribution in [2.75, 3.05) is 23.7 Å². The number of carbonyl (C=O) groups is 2. The van der Waals surface area contributed by atoms with Crippen LogP contribution in [0.5, 0.6) is 0 Å². The molecule has 0 atom stereocenters. The molecule has 1 aliphatic rings. The number of hydrogen-bond acceptors (Lipinski definition) is 8. The summed E-state index contributed by atoms with van der Waals surface area (Å²) in [6.45, 7) is -0.0306. The van der Waals surface area contributed by atoms with Crippen LogP contribution in [0.3, 0.4) is 0 Å². The van der Waals surface area contributed by atoms with Crippen LogP contribution in [-0.4, -0.2) is 49.4 Å². The fraction of sp³-hybridized carbons (Fsp3) is 0.200. The van der Waals surface area contributed by atoms with Gasteiger partial charge in [0.25, 0.3) is 0 Å². The molecule has 20 heavy (non-hydrogen) atoms. The molecular weight excluding hydrogens is 264 g/mol. The summed E-state index contributed by atoms with van der Waals surface area (Å²) in [7, 11) is 0. The van der Waals surface area contributed by atoms with E-state index < -0.39 is 11.8 Å². The van der Waals surface area contributed by atoms with Gasteiger partial charge in [-0.1, -0.05) is 0 Å². The first kappa shape index (κ1) is 12.0. The molecule has 0 spiro atoms. The van der Waals surface area contributed by atoms with Gasteiger partial charge in [-0.2, -0.15) is 15.0 Å². The Morgan fingerprint density at radius 1 is 1.10 bits per heavy atom. The second kappa shape index (κ2) is 4.57. The lowest BCUT2D eigenvalue weighted by Crippen LogP contribution is -2.52. The Bertz CT molecular complexity index is 652. The monoisotopic (exact) mass is 274 g/mol. The minimum absolute atomic E-state index is 0.00266. The topological polar surface area (TPSA) is 132 Å². The molecule has 2 aromatic rings. The minimum atomic E-state index is -0.413. The lowest BCUT2D eigenvalue weighted by Gasteiger charge is -2.25. The third-order valence-corrected chi connectivity index (χ3v) is 2.60. The molecule has 0 bridgehead atoms. The summed E-state index contributed by atoms with van der Waals surface area (Å²) >= 11 is 0. The number of piperazine rings is 1. The maximum Gasteiger partial charge on any atom is 0.246 e. The van der Waals surface area contributed by atoms with Gasteiger partial charge in [0.2, 0.25) is 29.7 Å². The van der Waals surface area contributed by atoms with Crippen LogP contribution in [0.1, 0.15) is 0 Å². The van der Waals surface area contributed by atoms with Gasteiger partial charge in [0.15, 0.2) is 0 Å². The Balaban J connectivity index is 1.97. The number of nitrogens with zero attached hydrogens (tertiary/aromatic N) is 6. The van der Waals surface area contributed by atoms with Gasteiger partial charge in [-0.25, -0.2) is 4.98 Å². The molecular formula is C10H10N8O2. The van der Waals surface area contributed by atoms with Gasteiger partial charge < -0.3 is 10.6 Å². The number of imide groups is 1. The van der Waals surface area contributed by atoms with E-state index in [-0.39, 0.29) is 30.9 Å². The molecule has 1 saturated heterocycles. The average molecular weight is 274 g/mol. The maximum absolute atomic E-state index is 11.4. The van der Waals surface area contributed by atoms with Crippen molar-refractivity contribution in [1.29, 1.82) is 0 Å². The second-order valence-corrected chi connectivity index (χ2v) is 4.09. The zero-order valence-corrected chi connectivity index (χ0v) is 10.2. The van der Waals surface area contributed by atoms with Crippen LogP contribution in [0, 0.1) is 0 Å². The number of nitrogen functional groups attached to an aromatic ring is 1. The maximum atomic E-state index is 11.4. The molecule has 102 valence electrons. The van der Waals surface area contributed by atoms with E-state index in [2.05, 4.69) is 25.3 Å². The summed E-state index contributed by atoms with van der Waals surface area (Å²) in [5, 5.41) is 2.20. The largest absolute Gasteiger partial charge is 0.368 e. The predicted octanol–water partition coefficient (Wildman–Crippen LogP) is -1.90. The fourth-order valence-corrected chi connectivity index (χ4v) is 1.78. The van der Waals surface area contributed by atoms with Crippen molar-refractivity contribution >= 4 is 23.7 Å². The number of aromatic nitrogens is 5. The van der Waals surface area contributed by atoms with E-state index in [4.69, 9.17) is 5.73 Å². The Labute approximate surface area is 112 Å². The third kappa shape index (κ3) is 2.25. The van der Waals surface area contributed by atoms with Crippen LogP contribution in [-0.2, 0) is 9.59 Å². The van der Waals surface area contributed by atoms with E-state index in [0.29, 0.717) is 0 Å². The highest BCUT2D eigenvalue weighted by atomic mass is 16.2. The summed E-state index contributed by atoms with van der Waals surface area (Å²) in [5.74, 6) is -0.390. The van der Waals surface area contributed by atoms with Crippen molar-refractivity contribution in [3.05, 3.63) is 18.7 Å². The van der Waals surface area contributed by atoms with Crippen molar-refractivity contribution in [2.45, 2.75) is 0 Å². The van der Waals surface area contributed by atoms with Crippen LogP contribution < -0.4 is 16.0 Å². The van der Waals surface area contributed by atoms with Gasteiger partial charge in [-0.15, -0.1) is 0 Å². The normalized spacial score (nSPS) is 15.3. The fourth-order valence-electron chi connectivity index (χ4n) is 1.78. The van der Waals surface area contributed by atoms with Gasteiger partial charge in [-0.3, -0.25) is 19.5 Å². The van der Waals surface area contributed by atoms with E-state index in [9.17, 15) is 9.59 Å². The molecule has 10 heteroatoms. The Hall–Kier alpha value is -3.04. The zero-order chi connectivity index (χ0) is 14.1. The van der Waals surface area contributed by atoms with Gasteiger partial charge in [0.05, 0.1) is 0 Å². The molecule has 3 N–H and O–H groups in total. The highest BCUT2D eigenvalue weighted by molar-refractivity contribution is 6.02. The summed E-state index contributed by atoms with van der Waals surface area (Å²) in [6, 6.07) is 0. The number of nitrogens with two attached hydrogens (primary N) is 1. The van der Waals surface area contributed by atoms with Gasteiger partial charge in [0, 0.05) is 12.4 Å². The van der Waals surface area contributed by atoms with E-state index >= 15 is 0 Å². The van der Waals surface area contributed by atoms with Crippen LogP contribution in [0.15, 0.2) is 18.7 Å². The van der Waals surface area contributed by atoms with Crippen molar-refractivity contribution in [3.63, 3.8) is 0 Å². The Kier molecular flexibility index (Phi) is 2.75. The molecule has 3 rings (SSSR count). The van der Waals surface area contributed by atoms with Gasteiger partial charge in [-0.05, 0) is 0 Å².